The lowest BCUT2D eigenvalue weighted by atomic mass is 10.1. The van der Waals surface area contributed by atoms with Gasteiger partial charge in [0.05, 0.1) is 0 Å². The topological polar surface area (TPSA) is 90.1 Å². The second-order valence-electron chi connectivity index (χ2n) is 5.42. The van der Waals surface area contributed by atoms with Gasteiger partial charge in [-0.3, -0.25) is 4.79 Å². The number of rotatable bonds is 7. The Kier molecular flexibility index (Phi) is 6.05. The zero-order valence-corrected chi connectivity index (χ0v) is 15.7. The molecule has 146 valence electrons. The highest BCUT2D eigenvalue weighted by Crippen LogP contribution is 2.31. The van der Waals surface area contributed by atoms with Gasteiger partial charge in [-0.05, 0) is 42.0 Å². The molecule has 3 rings (SSSR count). The molecule has 1 heterocycles. The fourth-order valence-electron chi connectivity index (χ4n) is 2.09. The van der Waals surface area contributed by atoms with E-state index in [-0.39, 0.29) is 5.75 Å². The Balaban J connectivity index is 1.54. The predicted molar refractivity (Wildman–Crippen MR) is 101 cm³/mol. The molecule has 0 atom stereocenters. The number of amides is 1. The van der Waals surface area contributed by atoms with Crippen LogP contribution in [0.2, 0.25) is 0 Å². The molecule has 6 nitrogen and oxygen atoms in total. The lowest BCUT2D eigenvalue weighted by molar-refractivity contribution is -0.274. The van der Waals surface area contributed by atoms with Gasteiger partial charge in [0.25, 0.3) is 0 Å². The van der Waals surface area contributed by atoms with Gasteiger partial charge in [-0.1, -0.05) is 35.2 Å². The molecule has 0 aliphatic heterocycles. The number of nitrogens with one attached hydrogen (secondary N) is 1. The SMILES string of the molecule is NC(=O)c1ccc(CSc2nnc(Nc3ccc(OC(F)(F)F)cc3)s2)cc1. The van der Waals surface area contributed by atoms with Crippen LogP contribution in [0.4, 0.5) is 24.0 Å². The highest BCUT2D eigenvalue weighted by Gasteiger charge is 2.30. The van der Waals surface area contributed by atoms with Crippen LogP contribution in [-0.4, -0.2) is 22.5 Å². The number of carbonyl (C=O) groups excluding carboxylic acids is 1. The van der Waals surface area contributed by atoms with Gasteiger partial charge in [-0.15, -0.1) is 23.4 Å². The summed E-state index contributed by atoms with van der Waals surface area (Å²) in [5.41, 5.74) is 7.21. The number of anilines is 2. The Morgan fingerprint density at radius 1 is 1.11 bits per heavy atom. The summed E-state index contributed by atoms with van der Waals surface area (Å²) in [5, 5.41) is 11.6. The molecule has 0 spiro atoms. The molecule has 2 aromatic carbocycles. The van der Waals surface area contributed by atoms with E-state index in [1.54, 1.807) is 12.1 Å². The molecule has 0 bridgehead atoms. The lowest BCUT2D eigenvalue weighted by Gasteiger charge is -2.09. The fraction of sp³-hybridized carbons (Fsp3) is 0.118. The first kappa shape index (κ1) is 20.0. The minimum Gasteiger partial charge on any atom is -0.406 e. The third kappa shape index (κ3) is 5.86. The minimum absolute atomic E-state index is 0.297. The molecule has 1 amide bonds. The molecule has 0 aliphatic carbocycles. The summed E-state index contributed by atoms with van der Waals surface area (Å²) in [6.45, 7) is 0. The average Bonchev–Trinajstić information content (AvgIpc) is 3.08. The molecule has 0 unspecified atom stereocenters. The van der Waals surface area contributed by atoms with Crippen LogP contribution >= 0.6 is 23.1 Å². The molecule has 0 fully saturated rings. The van der Waals surface area contributed by atoms with Gasteiger partial charge in [-0.25, -0.2) is 0 Å². The number of hydrogen-bond donors (Lipinski definition) is 2. The predicted octanol–water partition coefficient (Wildman–Crippen LogP) is 4.57. The molecule has 3 aromatic rings. The van der Waals surface area contributed by atoms with E-state index in [4.69, 9.17) is 5.73 Å². The molecule has 0 saturated carbocycles. The second kappa shape index (κ2) is 8.48. The van der Waals surface area contributed by atoms with E-state index in [2.05, 4.69) is 20.3 Å². The van der Waals surface area contributed by atoms with E-state index in [9.17, 15) is 18.0 Å². The first-order chi connectivity index (χ1) is 13.3. The van der Waals surface area contributed by atoms with Crippen LogP contribution in [0, 0.1) is 0 Å². The van der Waals surface area contributed by atoms with Gasteiger partial charge in [0.2, 0.25) is 11.0 Å². The van der Waals surface area contributed by atoms with Crippen molar-refractivity contribution in [2.75, 3.05) is 5.32 Å². The van der Waals surface area contributed by atoms with Gasteiger partial charge >= 0.3 is 6.36 Å². The summed E-state index contributed by atoms with van der Waals surface area (Å²) in [6, 6.07) is 12.3. The molecule has 3 N–H and O–H groups in total. The van der Waals surface area contributed by atoms with Crippen molar-refractivity contribution in [2.45, 2.75) is 16.5 Å². The van der Waals surface area contributed by atoms with Crippen molar-refractivity contribution in [3.8, 4) is 5.75 Å². The molecule has 0 radical (unpaired) electrons. The standard InChI is InChI=1S/C17H13F3N4O2S2/c18-17(19,20)26-13-7-5-12(6-8-13)22-15-23-24-16(28-15)27-9-10-1-3-11(4-2-10)14(21)25/h1-8H,9H2,(H2,21,25)(H,22,23). The van der Waals surface area contributed by atoms with Crippen molar-refractivity contribution < 1.29 is 22.7 Å². The third-order valence-electron chi connectivity index (χ3n) is 3.35. The van der Waals surface area contributed by atoms with Crippen LogP contribution in [0.1, 0.15) is 15.9 Å². The third-order valence-corrected chi connectivity index (χ3v) is 5.39. The van der Waals surface area contributed by atoms with E-state index < -0.39 is 12.3 Å². The van der Waals surface area contributed by atoms with Crippen LogP contribution in [0.15, 0.2) is 52.9 Å². The molecule has 0 saturated heterocycles. The summed E-state index contributed by atoms with van der Waals surface area (Å²) < 4.78 is 41.0. The van der Waals surface area contributed by atoms with Gasteiger partial charge < -0.3 is 15.8 Å². The van der Waals surface area contributed by atoms with Crippen LogP contribution in [-0.2, 0) is 5.75 Å². The fourth-order valence-corrected chi connectivity index (χ4v) is 3.82. The number of ether oxygens (including phenoxy) is 1. The van der Waals surface area contributed by atoms with Gasteiger partial charge in [0.1, 0.15) is 5.75 Å². The average molecular weight is 426 g/mol. The van der Waals surface area contributed by atoms with E-state index >= 15 is 0 Å². The van der Waals surface area contributed by atoms with E-state index in [1.807, 2.05) is 12.1 Å². The summed E-state index contributed by atoms with van der Waals surface area (Å²) >= 11 is 2.79. The molecule has 11 heteroatoms. The van der Waals surface area contributed by atoms with Crippen molar-refractivity contribution in [3.63, 3.8) is 0 Å². The lowest BCUT2D eigenvalue weighted by Crippen LogP contribution is -2.16. The Hall–Kier alpha value is -2.79. The van der Waals surface area contributed by atoms with Crippen molar-refractivity contribution in [1.82, 2.24) is 10.2 Å². The largest absolute Gasteiger partial charge is 0.573 e. The zero-order valence-electron chi connectivity index (χ0n) is 14.1. The maximum Gasteiger partial charge on any atom is 0.573 e. The minimum atomic E-state index is -4.72. The number of primary amides is 1. The smallest absolute Gasteiger partial charge is 0.406 e. The van der Waals surface area contributed by atoms with Gasteiger partial charge in [-0.2, -0.15) is 0 Å². The second-order valence-corrected chi connectivity index (χ2v) is 7.62. The Bertz CT molecular complexity index is 944. The normalized spacial score (nSPS) is 11.2. The number of aromatic nitrogens is 2. The summed E-state index contributed by atoms with van der Waals surface area (Å²) in [6.07, 6.45) is -4.72. The summed E-state index contributed by atoms with van der Waals surface area (Å²) in [7, 11) is 0. The quantitative estimate of drug-likeness (QED) is 0.538. The number of carbonyl (C=O) groups is 1. The van der Waals surface area contributed by atoms with Gasteiger partial charge in [0, 0.05) is 17.0 Å². The maximum absolute atomic E-state index is 12.2. The Labute approximate surface area is 165 Å². The zero-order chi connectivity index (χ0) is 20.1. The van der Waals surface area contributed by atoms with Crippen molar-refractivity contribution in [3.05, 3.63) is 59.7 Å². The van der Waals surface area contributed by atoms with Crippen LogP contribution in [0.5, 0.6) is 5.75 Å². The number of nitrogens with two attached hydrogens (primary N) is 1. The van der Waals surface area contributed by atoms with E-state index in [0.29, 0.717) is 22.1 Å². The Morgan fingerprint density at radius 3 is 2.39 bits per heavy atom. The molecule has 0 aliphatic rings. The van der Waals surface area contributed by atoms with Crippen LogP contribution in [0.25, 0.3) is 0 Å². The van der Waals surface area contributed by atoms with Crippen molar-refractivity contribution in [2.24, 2.45) is 5.73 Å². The van der Waals surface area contributed by atoms with Crippen molar-refractivity contribution in [1.29, 1.82) is 0 Å². The molecular formula is C17H13F3N4O2S2. The maximum atomic E-state index is 12.2. The first-order valence-corrected chi connectivity index (χ1v) is 9.56. The molecule has 28 heavy (non-hydrogen) atoms. The summed E-state index contributed by atoms with van der Waals surface area (Å²) in [4.78, 5) is 11.1. The number of halogens is 3. The monoisotopic (exact) mass is 426 g/mol. The number of benzene rings is 2. The van der Waals surface area contributed by atoms with Crippen LogP contribution in [0.3, 0.4) is 0 Å². The number of thioether (sulfide) groups is 1. The Morgan fingerprint density at radius 2 is 1.79 bits per heavy atom. The van der Waals surface area contributed by atoms with E-state index in [0.717, 1.165) is 9.90 Å². The molecular weight excluding hydrogens is 413 g/mol. The van der Waals surface area contributed by atoms with Gasteiger partial charge in [0.15, 0.2) is 4.34 Å². The highest BCUT2D eigenvalue weighted by atomic mass is 32.2. The summed E-state index contributed by atoms with van der Waals surface area (Å²) in [5.74, 6) is -0.136. The van der Waals surface area contributed by atoms with Crippen molar-refractivity contribution >= 4 is 39.8 Å². The first-order valence-electron chi connectivity index (χ1n) is 7.76. The van der Waals surface area contributed by atoms with E-state index in [1.165, 1.54) is 47.4 Å². The number of hydrogen-bond acceptors (Lipinski definition) is 7. The molecule has 1 aromatic heterocycles. The van der Waals surface area contributed by atoms with Crippen LogP contribution < -0.4 is 15.8 Å². The number of nitrogens with zero attached hydrogens (tertiary/aromatic N) is 2. The number of alkyl halides is 3. The highest BCUT2D eigenvalue weighted by molar-refractivity contribution is 8.00.